The van der Waals surface area contributed by atoms with E-state index in [4.69, 9.17) is 0 Å². The summed E-state index contributed by atoms with van der Waals surface area (Å²) in [6.07, 6.45) is 1.17. The molecule has 1 N–H and O–H groups in total. The predicted molar refractivity (Wildman–Crippen MR) is 85.4 cm³/mol. The second-order valence-corrected chi connectivity index (χ2v) is 8.15. The van der Waals surface area contributed by atoms with Crippen LogP contribution in [0.15, 0.2) is 18.2 Å². The normalized spacial score (nSPS) is 19.3. The number of amides is 1. The van der Waals surface area contributed by atoms with Gasteiger partial charge in [-0.25, -0.2) is 13.4 Å². The minimum Gasteiger partial charge on any atom is -0.370 e. The van der Waals surface area contributed by atoms with E-state index in [0.29, 0.717) is 24.7 Å². The number of thioether (sulfide) groups is 1. The van der Waals surface area contributed by atoms with E-state index in [1.807, 2.05) is 6.92 Å². The van der Waals surface area contributed by atoms with Gasteiger partial charge in [0.2, 0.25) is 0 Å². The molecular weight excluding hydrogens is 310 g/mol. The maximum atomic E-state index is 12.6. The summed E-state index contributed by atoms with van der Waals surface area (Å²) in [6, 6.07) is 5.14. The van der Waals surface area contributed by atoms with Crippen LogP contribution in [0.1, 0.15) is 17.4 Å². The molecule has 0 aliphatic carbocycles. The fraction of sp³-hybridized carbons (Fsp3) is 0.538. The van der Waals surface area contributed by atoms with Crippen LogP contribution in [0, 0.1) is 0 Å². The Morgan fingerprint density at radius 1 is 1.52 bits per heavy atom. The number of hydrogen-bond acceptors (Lipinski definition) is 6. The van der Waals surface area contributed by atoms with Gasteiger partial charge in [-0.05, 0) is 19.1 Å². The van der Waals surface area contributed by atoms with Crippen LogP contribution >= 0.6 is 11.8 Å². The van der Waals surface area contributed by atoms with Gasteiger partial charge in [0.15, 0.2) is 9.84 Å². The lowest BCUT2D eigenvalue weighted by Crippen LogP contribution is -2.50. The van der Waals surface area contributed by atoms with Crippen LogP contribution in [0.2, 0.25) is 0 Å². The highest BCUT2D eigenvalue weighted by molar-refractivity contribution is 8.00. The summed E-state index contributed by atoms with van der Waals surface area (Å²) in [4.78, 5) is 18.2. The molecule has 1 amide bonds. The van der Waals surface area contributed by atoms with Gasteiger partial charge in [-0.1, -0.05) is 6.07 Å². The standard InChI is InChI=1S/C13H19N3O3S2/c1-3-14-11-6-4-5-10(15-11)13(17)16-7-8-20-9-12(16)21(2,18)19/h4-6,12H,3,7-9H2,1-2H3,(H,14,15). The smallest absolute Gasteiger partial charge is 0.273 e. The molecule has 8 heteroatoms. The highest BCUT2D eigenvalue weighted by Gasteiger charge is 2.35. The van der Waals surface area contributed by atoms with Crippen molar-refractivity contribution in [2.24, 2.45) is 0 Å². The molecular formula is C13H19N3O3S2. The highest BCUT2D eigenvalue weighted by Crippen LogP contribution is 2.22. The minimum atomic E-state index is -3.31. The molecule has 116 valence electrons. The number of nitrogens with one attached hydrogen (secondary N) is 1. The van der Waals surface area contributed by atoms with Crippen LogP contribution < -0.4 is 5.32 Å². The van der Waals surface area contributed by atoms with Gasteiger partial charge < -0.3 is 10.2 Å². The van der Waals surface area contributed by atoms with E-state index < -0.39 is 15.2 Å². The zero-order valence-electron chi connectivity index (χ0n) is 12.1. The minimum absolute atomic E-state index is 0.272. The van der Waals surface area contributed by atoms with Crippen molar-refractivity contribution in [2.75, 3.05) is 36.2 Å². The number of rotatable bonds is 4. The zero-order valence-corrected chi connectivity index (χ0v) is 13.7. The number of pyridine rings is 1. The van der Waals surface area contributed by atoms with Crippen molar-refractivity contribution in [3.05, 3.63) is 23.9 Å². The molecule has 0 bridgehead atoms. The molecule has 21 heavy (non-hydrogen) atoms. The summed E-state index contributed by atoms with van der Waals surface area (Å²) in [7, 11) is -3.31. The van der Waals surface area contributed by atoms with Gasteiger partial charge in [-0.15, -0.1) is 0 Å². The van der Waals surface area contributed by atoms with Gasteiger partial charge in [-0.3, -0.25) is 4.79 Å². The van der Waals surface area contributed by atoms with Crippen molar-refractivity contribution >= 4 is 33.3 Å². The Morgan fingerprint density at radius 3 is 2.95 bits per heavy atom. The fourth-order valence-electron chi connectivity index (χ4n) is 2.15. The molecule has 0 spiro atoms. The Bertz CT molecular complexity index is 619. The van der Waals surface area contributed by atoms with Crippen LogP contribution in [-0.2, 0) is 9.84 Å². The summed E-state index contributed by atoms with van der Waals surface area (Å²) in [5.74, 6) is 1.44. The average Bonchev–Trinajstić information content (AvgIpc) is 2.46. The molecule has 0 radical (unpaired) electrons. The second-order valence-electron chi connectivity index (χ2n) is 4.80. The van der Waals surface area contributed by atoms with E-state index in [-0.39, 0.29) is 11.6 Å². The first-order valence-corrected chi connectivity index (χ1v) is 9.83. The molecule has 1 unspecified atom stereocenters. The summed E-state index contributed by atoms with van der Waals surface area (Å²) >= 11 is 1.55. The van der Waals surface area contributed by atoms with Crippen LogP contribution in [0.25, 0.3) is 0 Å². The molecule has 2 rings (SSSR count). The Morgan fingerprint density at radius 2 is 2.29 bits per heavy atom. The maximum absolute atomic E-state index is 12.6. The fourth-order valence-corrected chi connectivity index (χ4v) is 4.96. The van der Waals surface area contributed by atoms with Gasteiger partial charge >= 0.3 is 0 Å². The zero-order chi connectivity index (χ0) is 15.5. The van der Waals surface area contributed by atoms with Gasteiger partial charge in [0.25, 0.3) is 5.91 Å². The molecule has 1 aromatic heterocycles. The van der Waals surface area contributed by atoms with Crippen molar-refractivity contribution in [3.8, 4) is 0 Å². The number of sulfone groups is 1. The molecule has 1 fully saturated rings. The van der Waals surface area contributed by atoms with Crippen LogP contribution in [0.5, 0.6) is 0 Å². The number of carbonyl (C=O) groups is 1. The highest BCUT2D eigenvalue weighted by atomic mass is 32.2. The Kier molecular flexibility index (Phi) is 5.10. The Hall–Kier alpha value is -1.28. The third-order valence-electron chi connectivity index (χ3n) is 3.17. The Balaban J connectivity index is 2.27. The Labute approximate surface area is 129 Å². The number of aromatic nitrogens is 1. The topological polar surface area (TPSA) is 79.4 Å². The molecule has 0 saturated carbocycles. The molecule has 1 atom stereocenters. The van der Waals surface area contributed by atoms with Crippen molar-refractivity contribution in [1.29, 1.82) is 0 Å². The van der Waals surface area contributed by atoms with E-state index in [1.54, 1.807) is 30.0 Å². The van der Waals surface area contributed by atoms with Crippen molar-refractivity contribution in [2.45, 2.75) is 12.3 Å². The monoisotopic (exact) mass is 329 g/mol. The third-order valence-corrected chi connectivity index (χ3v) is 5.81. The first kappa shape index (κ1) is 16.1. The second kappa shape index (κ2) is 6.65. The van der Waals surface area contributed by atoms with E-state index in [0.717, 1.165) is 5.75 Å². The number of carbonyl (C=O) groups excluding carboxylic acids is 1. The van der Waals surface area contributed by atoms with Crippen molar-refractivity contribution < 1.29 is 13.2 Å². The lowest BCUT2D eigenvalue weighted by molar-refractivity contribution is 0.0744. The molecule has 1 aliphatic rings. The van der Waals surface area contributed by atoms with Crippen molar-refractivity contribution in [1.82, 2.24) is 9.88 Å². The van der Waals surface area contributed by atoms with Gasteiger partial charge in [0.05, 0.1) is 0 Å². The molecule has 1 saturated heterocycles. The van der Waals surface area contributed by atoms with Gasteiger partial charge in [0.1, 0.15) is 16.9 Å². The summed E-state index contributed by atoms with van der Waals surface area (Å²) in [6.45, 7) is 3.07. The molecule has 1 aromatic rings. The number of anilines is 1. The SMILES string of the molecule is CCNc1cccc(C(=O)N2CCSCC2S(C)(=O)=O)n1. The first-order chi connectivity index (χ1) is 9.93. The molecule has 0 aromatic carbocycles. The van der Waals surface area contributed by atoms with Gasteiger partial charge in [0, 0.05) is 30.9 Å². The average molecular weight is 329 g/mol. The summed E-state index contributed by atoms with van der Waals surface area (Å²) < 4.78 is 23.7. The molecule has 6 nitrogen and oxygen atoms in total. The largest absolute Gasteiger partial charge is 0.370 e. The number of hydrogen-bond donors (Lipinski definition) is 1. The van der Waals surface area contributed by atoms with Crippen LogP contribution in [0.3, 0.4) is 0 Å². The quantitative estimate of drug-likeness (QED) is 0.890. The predicted octanol–water partition coefficient (Wildman–Crippen LogP) is 1.07. The lowest BCUT2D eigenvalue weighted by Gasteiger charge is -2.33. The van der Waals surface area contributed by atoms with E-state index in [2.05, 4.69) is 10.3 Å². The van der Waals surface area contributed by atoms with Crippen LogP contribution in [-0.4, -0.2) is 60.4 Å². The van der Waals surface area contributed by atoms with Crippen molar-refractivity contribution in [3.63, 3.8) is 0 Å². The third kappa shape index (κ3) is 3.88. The number of nitrogens with zero attached hydrogens (tertiary/aromatic N) is 2. The van der Waals surface area contributed by atoms with E-state index in [1.165, 1.54) is 11.2 Å². The molecule has 2 heterocycles. The van der Waals surface area contributed by atoms with E-state index in [9.17, 15) is 13.2 Å². The van der Waals surface area contributed by atoms with E-state index >= 15 is 0 Å². The summed E-state index contributed by atoms with van der Waals surface area (Å²) in [5.41, 5.74) is 0.272. The first-order valence-electron chi connectivity index (χ1n) is 6.72. The van der Waals surface area contributed by atoms with Crippen LogP contribution in [0.4, 0.5) is 5.82 Å². The molecule has 1 aliphatic heterocycles. The summed E-state index contributed by atoms with van der Waals surface area (Å²) in [5, 5.41) is 2.27. The maximum Gasteiger partial charge on any atom is 0.273 e. The van der Waals surface area contributed by atoms with Gasteiger partial charge in [-0.2, -0.15) is 11.8 Å². The lowest BCUT2D eigenvalue weighted by atomic mass is 10.3.